The number of primary amides is 1. The van der Waals surface area contributed by atoms with Gasteiger partial charge in [0.2, 0.25) is 0 Å². The number of aromatic nitrogens is 1. The molecule has 0 saturated carbocycles. The van der Waals surface area contributed by atoms with Crippen LogP contribution in [0.2, 0.25) is 0 Å². The van der Waals surface area contributed by atoms with E-state index < -0.39 is 29.3 Å². The zero-order valence-electron chi connectivity index (χ0n) is 8.08. The molecule has 0 aromatic carbocycles. The van der Waals surface area contributed by atoms with Gasteiger partial charge in [-0.05, 0) is 0 Å². The largest absolute Gasteiger partial charge is 0.573 e. The molecular weight excluding hydrogens is 241 g/mol. The van der Waals surface area contributed by atoms with E-state index in [9.17, 15) is 18.0 Å². The maximum absolute atomic E-state index is 12.1. The maximum atomic E-state index is 12.1. The third-order valence-corrected chi connectivity index (χ3v) is 1.56. The lowest BCUT2D eigenvalue weighted by Crippen LogP contribution is -2.23. The van der Waals surface area contributed by atoms with Crippen molar-refractivity contribution in [1.29, 1.82) is 5.26 Å². The van der Waals surface area contributed by atoms with Gasteiger partial charge >= 0.3 is 6.36 Å². The molecule has 0 radical (unpaired) electrons. The van der Waals surface area contributed by atoms with Gasteiger partial charge in [0.05, 0.1) is 0 Å². The predicted molar refractivity (Wildman–Crippen MR) is 48.6 cm³/mol. The number of hydrogen-bond donors (Lipinski definition) is 2. The summed E-state index contributed by atoms with van der Waals surface area (Å²) in [5.41, 5.74) is 8.58. The number of nitrogens with zero attached hydrogens (tertiary/aromatic N) is 2. The van der Waals surface area contributed by atoms with Gasteiger partial charge in [-0.25, -0.2) is 4.98 Å². The molecule has 0 bridgehead atoms. The Morgan fingerprint density at radius 1 is 1.53 bits per heavy atom. The highest BCUT2D eigenvalue weighted by Gasteiger charge is 2.35. The summed E-state index contributed by atoms with van der Waals surface area (Å²) in [7, 11) is 0. The molecule has 90 valence electrons. The fourth-order valence-electron chi connectivity index (χ4n) is 1.02. The number of alkyl halides is 3. The highest BCUT2D eigenvalue weighted by Crippen LogP contribution is 2.29. The van der Waals surface area contributed by atoms with Gasteiger partial charge in [0, 0.05) is 6.07 Å². The Morgan fingerprint density at radius 3 is 2.53 bits per heavy atom. The molecule has 0 saturated heterocycles. The normalized spacial score (nSPS) is 10.7. The molecule has 0 fully saturated rings. The monoisotopic (exact) mass is 246 g/mol. The third kappa shape index (κ3) is 2.97. The minimum atomic E-state index is -5.08. The number of ether oxygens (including phenoxy) is 1. The molecular formula is C8H5F3N4O2. The van der Waals surface area contributed by atoms with Crippen molar-refractivity contribution in [3.05, 3.63) is 17.3 Å². The Kier molecular flexibility index (Phi) is 3.08. The van der Waals surface area contributed by atoms with Crippen LogP contribution >= 0.6 is 0 Å². The topological polar surface area (TPSA) is 115 Å². The Morgan fingerprint density at radius 2 is 2.12 bits per heavy atom. The van der Waals surface area contributed by atoms with Crippen LogP contribution in [0.1, 0.15) is 16.1 Å². The van der Waals surface area contributed by atoms with Crippen LogP contribution in [-0.4, -0.2) is 17.3 Å². The summed E-state index contributed by atoms with van der Waals surface area (Å²) in [5, 5.41) is 8.61. The average molecular weight is 246 g/mol. The number of carbonyl (C=O) groups is 1. The van der Waals surface area contributed by atoms with Crippen LogP contribution in [-0.2, 0) is 0 Å². The number of hydrogen-bond acceptors (Lipinski definition) is 5. The van der Waals surface area contributed by atoms with Crippen molar-refractivity contribution in [3.63, 3.8) is 0 Å². The Bertz CT molecular complexity index is 507. The second-order valence-corrected chi connectivity index (χ2v) is 2.80. The van der Waals surface area contributed by atoms with E-state index >= 15 is 0 Å². The van der Waals surface area contributed by atoms with Crippen LogP contribution in [0.25, 0.3) is 0 Å². The molecule has 1 heterocycles. The van der Waals surface area contributed by atoms with Crippen LogP contribution in [0.5, 0.6) is 5.75 Å². The molecule has 0 atom stereocenters. The van der Waals surface area contributed by atoms with Crippen molar-refractivity contribution in [2.75, 3.05) is 5.73 Å². The summed E-state index contributed by atoms with van der Waals surface area (Å²) in [6.07, 6.45) is -5.08. The number of pyridine rings is 1. The first kappa shape index (κ1) is 12.6. The molecule has 17 heavy (non-hydrogen) atoms. The molecule has 6 nitrogen and oxygen atoms in total. The smallest absolute Gasteiger partial charge is 0.402 e. The van der Waals surface area contributed by atoms with E-state index in [2.05, 4.69) is 9.72 Å². The zero-order chi connectivity index (χ0) is 13.2. The minimum absolute atomic E-state index is 0.315. The summed E-state index contributed by atoms with van der Waals surface area (Å²) < 4.78 is 39.7. The fraction of sp³-hybridized carbons (Fsp3) is 0.125. The van der Waals surface area contributed by atoms with Crippen molar-refractivity contribution >= 4 is 11.7 Å². The van der Waals surface area contributed by atoms with E-state index in [-0.39, 0.29) is 5.82 Å². The number of nitrogen functional groups attached to an aromatic ring is 1. The average Bonchev–Trinajstić information content (AvgIpc) is 2.17. The number of halogens is 3. The standard InChI is InChI=1S/C8H5F3N4O2/c9-8(10,11)17-6-3(2-12)1-4(13)15-5(6)7(14)16/h1H,(H2,13,15)(H2,14,16). The number of nitrogens with two attached hydrogens (primary N) is 2. The van der Waals surface area contributed by atoms with E-state index in [1.165, 1.54) is 6.07 Å². The molecule has 1 aromatic heterocycles. The van der Waals surface area contributed by atoms with E-state index in [0.29, 0.717) is 0 Å². The summed E-state index contributed by atoms with van der Waals surface area (Å²) >= 11 is 0. The first-order chi connectivity index (χ1) is 7.74. The van der Waals surface area contributed by atoms with Gasteiger partial charge in [-0.3, -0.25) is 4.79 Å². The van der Waals surface area contributed by atoms with Gasteiger partial charge in [0.25, 0.3) is 5.91 Å². The SMILES string of the molecule is N#Cc1cc(N)nc(C(N)=O)c1OC(F)(F)F. The Hall–Kier alpha value is -2.50. The summed E-state index contributed by atoms with van der Waals surface area (Å²) in [4.78, 5) is 14.2. The Labute approximate surface area is 92.6 Å². The quantitative estimate of drug-likeness (QED) is 0.789. The second kappa shape index (κ2) is 4.17. The van der Waals surface area contributed by atoms with Gasteiger partial charge in [0.15, 0.2) is 11.4 Å². The summed E-state index contributed by atoms with van der Waals surface area (Å²) in [6, 6.07) is 2.24. The van der Waals surface area contributed by atoms with Crippen molar-refractivity contribution in [1.82, 2.24) is 4.98 Å². The molecule has 4 N–H and O–H groups in total. The van der Waals surface area contributed by atoms with E-state index in [4.69, 9.17) is 16.7 Å². The molecule has 0 aliphatic heterocycles. The summed E-state index contributed by atoms with van der Waals surface area (Å²) in [5.74, 6) is -2.65. The maximum Gasteiger partial charge on any atom is 0.573 e. The van der Waals surface area contributed by atoms with Crippen LogP contribution in [0.15, 0.2) is 6.07 Å². The number of rotatable bonds is 2. The van der Waals surface area contributed by atoms with Crippen LogP contribution in [0.3, 0.4) is 0 Å². The lowest BCUT2D eigenvalue weighted by Gasteiger charge is -2.12. The van der Waals surface area contributed by atoms with Crippen molar-refractivity contribution in [3.8, 4) is 11.8 Å². The molecule has 0 aliphatic carbocycles. The van der Waals surface area contributed by atoms with E-state index in [1.807, 2.05) is 0 Å². The van der Waals surface area contributed by atoms with Gasteiger partial charge in [-0.1, -0.05) is 0 Å². The van der Waals surface area contributed by atoms with Crippen LogP contribution in [0.4, 0.5) is 19.0 Å². The first-order valence-corrected chi connectivity index (χ1v) is 4.00. The highest BCUT2D eigenvalue weighted by molar-refractivity contribution is 5.94. The van der Waals surface area contributed by atoms with Crippen molar-refractivity contribution in [2.24, 2.45) is 5.73 Å². The van der Waals surface area contributed by atoms with Crippen LogP contribution < -0.4 is 16.2 Å². The third-order valence-electron chi connectivity index (χ3n) is 1.56. The molecule has 0 spiro atoms. The minimum Gasteiger partial charge on any atom is -0.402 e. The number of anilines is 1. The number of nitriles is 1. The van der Waals surface area contributed by atoms with Gasteiger partial charge in [-0.15, -0.1) is 13.2 Å². The van der Waals surface area contributed by atoms with Gasteiger partial charge in [-0.2, -0.15) is 5.26 Å². The lowest BCUT2D eigenvalue weighted by molar-refractivity contribution is -0.274. The lowest BCUT2D eigenvalue weighted by atomic mass is 10.2. The predicted octanol–water partition coefficient (Wildman–Crippen LogP) is 0.533. The molecule has 0 unspecified atom stereocenters. The first-order valence-electron chi connectivity index (χ1n) is 4.00. The molecule has 1 aromatic rings. The van der Waals surface area contributed by atoms with Crippen molar-refractivity contribution in [2.45, 2.75) is 6.36 Å². The van der Waals surface area contributed by atoms with E-state index in [0.717, 1.165) is 6.07 Å². The van der Waals surface area contributed by atoms with Gasteiger partial charge < -0.3 is 16.2 Å². The van der Waals surface area contributed by atoms with Crippen molar-refractivity contribution < 1.29 is 22.7 Å². The second-order valence-electron chi connectivity index (χ2n) is 2.80. The van der Waals surface area contributed by atoms with Crippen LogP contribution in [0, 0.1) is 11.3 Å². The van der Waals surface area contributed by atoms with E-state index in [1.54, 1.807) is 0 Å². The number of amides is 1. The molecule has 1 rings (SSSR count). The zero-order valence-corrected chi connectivity index (χ0v) is 8.08. The van der Waals surface area contributed by atoms with Gasteiger partial charge in [0.1, 0.15) is 17.5 Å². The fourth-order valence-corrected chi connectivity index (χ4v) is 1.02. The highest BCUT2D eigenvalue weighted by atomic mass is 19.4. The summed E-state index contributed by atoms with van der Waals surface area (Å²) in [6.45, 7) is 0. The molecule has 9 heteroatoms. The molecule has 0 aliphatic rings. The molecule has 1 amide bonds. The Balaban J connectivity index is 3.44. The number of carbonyl (C=O) groups excluding carboxylic acids is 1.